The monoisotopic (exact) mass is 241 g/mol. The fourth-order valence-corrected chi connectivity index (χ4v) is 2.28. The van der Waals surface area contributed by atoms with Crippen LogP contribution in [0.4, 0.5) is 0 Å². The van der Waals surface area contributed by atoms with E-state index in [4.69, 9.17) is 5.11 Å². The smallest absolute Gasteiger partial charge is 0.303 e. The summed E-state index contributed by atoms with van der Waals surface area (Å²) >= 11 is 1.14. The fraction of sp³-hybridized carbons (Fsp3) is 0.556. The van der Waals surface area contributed by atoms with Crippen molar-refractivity contribution >= 4 is 23.4 Å². The number of aromatic nitrogens is 2. The molecule has 1 amide bonds. The molecule has 0 aliphatic carbocycles. The average molecular weight is 241 g/mol. The van der Waals surface area contributed by atoms with Crippen molar-refractivity contribution in [2.45, 2.75) is 12.8 Å². The van der Waals surface area contributed by atoms with Gasteiger partial charge in [-0.15, -0.1) is 5.10 Å². The first-order chi connectivity index (χ1) is 7.66. The summed E-state index contributed by atoms with van der Waals surface area (Å²) in [5.74, 6) is -0.899. The maximum absolute atomic E-state index is 11.8. The third-order valence-corrected chi connectivity index (χ3v) is 3.12. The largest absolute Gasteiger partial charge is 0.481 e. The van der Waals surface area contributed by atoms with Crippen LogP contribution >= 0.6 is 11.5 Å². The molecule has 1 N–H and O–H groups in total. The number of carboxylic acid groups (broad SMARTS) is 1. The predicted octanol–water partition coefficient (Wildman–Crippen LogP) is 0.475. The zero-order valence-electron chi connectivity index (χ0n) is 8.50. The van der Waals surface area contributed by atoms with Crippen LogP contribution in [0.5, 0.6) is 0 Å². The summed E-state index contributed by atoms with van der Waals surface area (Å²) in [6.07, 6.45) is 0.870. The number of hydrogen-bond acceptors (Lipinski definition) is 5. The van der Waals surface area contributed by atoms with Crippen molar-refractivity contribution < 1.29 is 14.7 Å². The first-order valence-electron chi connectivity index (χ1n) is 4.95. The van der Waals surface area contributed by atoms with E-state index in [1.807, 2.05) is 0 Å². The third kappa shape index (κ3) is 2.35. The predicted molar refractivity (Wildman–Crippen MR) is 56.2 cm³/mol. The van der Waals surface area contributed by atoms with Gasteiger partial charge in [0.15, 0.2) is 5.69 Å². The Bertz CT molecular complexity index is 393. The van der Waals surface area contributed by atoms with Crippen LogP contribution in [0, 0.1) is 5.92 Å². The number of amides is 1. The number of carbonyl (C=O) groups excluding carboxylic acids is 1. The summed E-state index contributed by atoms with van der Waals surface area (Å²) in [5, 5.41) is 14.0. The number of carbonyl (C=O) groups is 2. The Hall–Kier alpha value is -1.50. The van der Waals surface area contributed by atoms with Gasteiger partial charge in [-0.1, -0.05) is 4.49 Å². The molecule has 1 aromatic heterocycles. The van der Waals surface area contributed by atoms with Crippen LogP contribution in [-0.2, 0) is 4.79 Å². The van der Waals surface area contributed by atoms with E-state index in [2.05, 4.69) is 9.59 Å². The molecular formula is C9H11N3O3S. The number of likely N-dealkylation sites (tertiary alicyclic amines) is 1. The van der Waals surface area contributed by atoms with Crippen LogP contribution in [0.2, 0.25) is 0 Å². The summed E-state index contributed by atoms with van der Waals surface area (Å²) in [6.45, 7) is 1.11. The molecule has 0 bridgehead atoms. The molecule has 6 nitrogen and oxygen atoms in total. The molecule has 0 spiro atoms. The van der Waals surface area contributed by atoms with Crippen molar-refractivity contribution in [2.75, 3.05) is 13.1 Å². The standard InChI is InChI=1S/C9H11N3O3S/c13-8(14)3-6-1-2-12(4-6)9(15)7-5-16-11-10-7/h5-6H,1-4H2,(H,13,14). The lowest BCUT2D eigenvalue weighted by Gasteiger charge is -2.13. The number of nitrogens with zero attached hydrogens (tertiary/aromatic N) is 3. The summed E-state index contributed by atoms with van der Waals surface area (Å²) in [5.41, 5.74) is 0.348. The summed E-state index contributed by atoms with van der Waals surface area (Å²) < 4.78 is 3.63. The van der Waals surface area contributed by atoms with Gasteiger partial charge in [-0.25, -0.2) is 0 Å². The Balaban J connectivity index is 1.94. The Morgan fingerprint density at radius 3 is 3.06 bits per heavy atom. The second-order valence-corrected chi connectivity index (χ2v) is 4.40. The highest BCUT2D eigenvalue weighted by Gasteiger charge is 2.29. The summed E-state index contributed by atoms with van der Waals surface area (Å²) in [6, 6.07) is 0. The number of hydrogen-bond donors (Lipinski definition) is 1. The first kappa shape index (κ1) is 11.0. The number of rotatable bonds is 3. The minimum Gasteiger partial charge on any atom is -0.481 e. The van der Waals surface area contributed by atoms with E-state index in [1.165, 1.54) is 0 Å². The average Bonchev–Trinajstić information content (AvgIpc) is 2.84. The molecule has 1 aliphatic heterocycles. The Morgan fingerprint density at radius 1 is 1.62 bits per heavy atom. The van der Waals surface area contributed by atoms with Gasteiger partial charge in [-0.05, 0) is 23.9 Å². The van der Waals surface area contributed by atoms with E-state index in [-0.39, 0.29) is 18.2 Å². The topological polar surface area (TPSA) is 83.4 Å². The van der Waals surface area contributed by atoms with Crippen LogP contribution in [-0.4, -0.2) is 44.6 Å². The Morgan fingerprint density at radius 2 is 2.44 bits per heavy atom. The molecule has 1 saturated heterocycles. The number of carboxylic acids is 1. The van der Waals surface area contributed by atoms with Crippen LogP contribution in [0.15, 0.2) is 5.38 Å². The summed E-state index contributed by atoms with van der Waals surface area (Å²) in [7, 11) is 0. The van der Waals surface area contributed by atoms with E-state index < -0.39 is 5.97 Å². The van der Waals surface area contributed by atoms with Crippen molar-refractivity contribution in [1.29, 1.82) is 0 Å². The van der Waals surface area contributed by atoms with Gasteiger partial charge in [0.25, 0.3) is 5.91 Å². The van der Waals surface area contributed by atoms with E-state index in [0.717, 1.165) is 18.0 Å². The van der Waals surface area contributed by atoms with Gasteiger partial charge in [-0.2, -0.15) is 0 Å². The molecule has 0 radical (unpaired) electrons. The maximum atomic E-state index is 11.8. The lowest BCUT2D eigenvalue weighted by atomic mass is 10.1. The normalized spacial score (nSPS) is 20.0. The van der Waals surface area contributed by atoms with Crippen LogP contribution in [0.1, 0.15) is 23.3 Å². The molecule has 1 atom stereocenters. The van der Waals surface area contributed by atoms with Gasteiger partial charge >= 0.3 is 5.97 Å². The molecule has 2 rings (SSSR count). The quantitative estimate of drug-likeness (QED) is 0.831. The molecule has 7 heteroatoms. The highest BCUT2D eigenvalue weighted by molar-refractivity contribution is 7.03. The van der Waals surface area contributed by atoms with Crippen molar-refractivity contribution in [3.8, 4) is 0 Å². The highest BCUT2D eigenvalue weighted by Crippen LogP contribution is 2.21. The molecule has 1 aliphatic rings. The van der Waals surface area contributed by atoms with Crippen LogP contribution in [0.25, 0.3) is 0 Å². The van der Waals surface area contributed by atoms with Gasteiger partial charge in [-0.3, -0.25) is 9.59 Å². The molecule has 1 unspecified atom stereocenters. The molecule has 1 fully saturated rings. The lowest BCUT2D eigenvalue weighted by Crippen LogP contribution is -2.29. The van der Waals surface area contributed by atoms with Gasteiger partial charge in [0.1, 0.15) is 0 Å². The molecule has 2 heterocycles. The van der Waals surface area contributed by atoms with E-state index in [1.54, 1.807) is 10.3 Å². The fourth-order valence-electron chi connectivity index (χ4n) is 1.85. The van der Waals surface area contributed by atoms with E-state index >= 15 is 0 Å². The zero-order chi connectivity index (χ0) is 11.5. The van der Waals surface area contributed by atoms with Gasteiger partial charge in [0.05, 0.1) is 0 Å². The second-order valence-electron chi connectivity index (χ2n) is 3.79. The SMILES string of the molecule is O=C(O)CC1CCN(C(=O)c2csnn2)C1. The van der Waals surface area contributed by atoms with Crippen molar-refractivity contribution in [2.24, 2.45) is 5.92 Å². The molecule has 0 saturated carbocycles. The van der Waals surface area contributed by atoms with Crippen LogP contribution in [0.3, 0.4) is 0 Å². The van der Waals surface area contributed by atoms with Gasteiger partial charge < -0.3 is 10.0 Å². The third-order valence-electron chi connectivity index (χ3n) is 2.62. The number of aliphatic carboxylic acids is 1. The van der Waals surface area contributed by atoms with Crippen molar-refractivity contribution in [3.63, 3.8) is 0 Å². The molecule has 86 valence electrons. The second kappa shape index (κ2) is 4.56. The lowest BCUT2D eigenvalue weighted by molar-refractivity contribution is -0.138. The maximum Gasteiger partial charge on any atom is 0.303 e. The van der Waals surface area contributed by atoms with Gasteiger partial charge in [0, 0.05) is 24.9 Å². The van der Waals surface area contributed by atoms with Crippen LogP contribution < -0.4 is 0 Å². The van der Waals surface area contributed by atoms with Gasteiger partial charge in [0.2, 0.25) is 0 Å². The van der Waals surface area contributed by atoms with E-state index in [0.29, 0.717) is 18.8 Å². The minimum atomic E-state index is -0.811. The molecule has 1 aromatic rings. The van der Waals surface area contributed by atoms with E-state index in [9.17, 15) is 9.59 Å². The highest BCUT2D eigenvalue weighted by atomic mass is 32.1. The zero-order valence-corrected chi connectivity index (χ0v) is 9.31. The Labute approximate surface area is 96.0 Å². The first-order valence-corrected chi connectivity index (χ1v) is 5.78. The minimum absolute atomic E-state index is 0.0630. The van der Waals surface area contributed by atoms with Crippen molar-refractivity contribution in [3.05, 3.63) is 11.1 Å². The Kier molecular flexibility index (Phi) is 3.14. The molecule has 16 heavy (non-hydrogen) atoms. The van der Waals surface area contributed by atoms with Crippen molar-refractivity contribution in [1.82, 2.24) is 14.5 Å². The molecule has 0 aromatic carbocycles. The molecular weight excluding hydrogens is 230 g/mol. The summed E-state index contributed by atoms with van der Waals surface area (Å²) in [4.78, 5) is 24.0.